The van der Waals surface area contributed by atoms with Crippen molar-refractivity contribution >= 4 is 5.69 Å². The van der Waals surface area contributed by atoms with E-state index in [2.05, 4.69) is 20.3 Å². The molecule has 0 aliphatic carbocycles. The molecule has 3 heterocycles. The van der Waals surface area contributed by atoms with Gasteiger partial charge in [-0.15, -0.1) is 0 Å². The fourth-order valence-electron chi connectivity index (χ4n) is 3.44. The first-order valence-electron chi connectivity index (χ1n) is 9.96. The Morgan fingerprint density at radius 1 is 1.20 bits per heavy atom. The molecule has 156 valence electrons. The first kappa shape index (κ1) is 20.2. The van der Waals surface area contributed by atoms with Crippen molar-refractivity contribution in [3.05, 3.63) is 76.2 Å². The zero-order valence-electron chi connectivity index (χ0n) is 16.8. The molecule has 1 aromatic carbocycles. The van der Waals surface area contributed by atoms with Gasteiger partial charge in [-0.05, 0) is 36.8 Å². The number of benzene rings is 1. The first-order valence-corrected chi connectivity index (χ1v) is 9.96. The Kier molecular flexibility index (Phi) is 6.15. The lowest BCUT2D eigenvalue weighted by molar-refractivity contribution is 0.122. The normalized spacial score (nSPS) is 15.2. The summed E-state index contributed by atoms with van der Waals surface area (Å²) in [5.74, 6) is 0.257. The number of H-pyrrole nitrogens is 1. The second kappa shape index (κ2) is 9.15. The third-order valence-corrected chi connectivity index (χ3v) is 5.14. The molecular formula is C22H24FN5O2. The van der Waals surface area contributed by atoms with Crippen LogP contribution in [0.3, 0.4) is 0 Å². The monoisotopic (exact) mass is 409 g/mol. The minimum absolute atomic E-state index is 0.185. The second-order valence-corrected chi connectivity index (χ2v) is 7.24. The lowest BCUT2D eigenvalue weighted by atomic mass is 10.1. The molecule has 1 atom stereocenters. The van der Waals surface area contributed by atoms with Crippen molar-refractivity contribution in [2.45, 2.75) is 19.5 Å². The predicted molar refractivity (Wildman–Crippen MR) is 113 cm³/mol. The number of halogens is 1. The average Bonchev–Trinajstić information content (AvgIpc) is 2.78. The summed E-state index contributed by atoms with van der Waals surface area (Å²) in [6.07, 6.45) is 3.30. The molecule has 7 nitrogen and oxygen atoms in total. The van der Waals surface area contributed by atoms with Crippen LogP contribution in [0.4, 0.5) is 10.1 Å². The second-order valence-electron chi connectivity index (χ2n) is 7.24. The Hall–Kier alpha value is -3.10. The molecule has 0 spiro atoms. The number of hydrogen-bond acceptors (Lipinski definition) is 6. The van der Waals surface area contributed by atoms with E-state index in [-0.39, 0.29) is 17.4 Å². The standard InChI is InChI=1S/C22H24FN5O2/c1-15(19-13-21(29)27-22(26-19)17-4-6-24-7-5-17)25-14-16-2-3-20(18(23)12-16)28-8-10-30-11-9-28/h2-7,12-13,15,25H,8-11,14H2,1H3,(H,26,27,29)/t15-/m1/s1. The summed E-state index contributed by atoms with van der Waals surface area (Å²) < 4.78 is 19.9. The maximum atomic E-state index is 14.6. The van der Waals surface area contributed by atoms with Gasteiger partial charge in [0, 0.05) is 49.7 Å². The number of anilines is 1. The average molecular weight is 409 g/mol. The van der Waals surface area contributed by atoms with Crippen LogP contribution in [-0.2, 0) is 11.3 Å². The van der Waals surface area contributed by atoms with E-state index in [9.17, 15) is 9.18 Å². The molecule has 1 saturated heterocycles. The molecule has 8 heteroatoms. The molecule has 0 saturated carbocycles. The molecule has 2 aromatic heterocycles. The van der Waals surface area contributed by atoms with Crippen LogP contribution in [-0.4, -0.2) is 41.3 Å². The van der Waals surface area contributed by atoms with Crippen molar-refractivity contribution < 1.29 is 9.13 Å². The molecule has 3 aromatic rings. The van der Waals surface area contributed by atoms with Crippen LogP contribution < -0.4 is 15.8 Å². The van der Waals surface area contributed by atoms with Gasteiger partial charge < -0.3 is 19.9 Å². The predicted octanol–water partition coefficient (Wildman–Crippen LogP) is 2.66. The molecular weight excluding hydrogens is 385 g/mol. The van der Waals surface area contributed by atoms with Gasteiger partial charge in [-0.1, -0.05) is 6.07 Å². The van der Waals surface area contributed by atoms with E-state index in [1.165, 1.54) is 6.07 Å². The molecule has 0 bridgehead atoms. The molecule has 1 aliphatic rings. The summed E-state index contributed by atoms with van der Waals surface area (Å²) in [7, 11) is 0. The smallest absolute Gasteiger partial charge is 0.251 e. The van der Waals surface area contributed by atoms with Crippen molar-refractivity contribution in [3.8, 4) is 11.4 Å². The van der Waals surface area contributed by atoms with Crippen LogP contribution >= 0.6 is 0 Å². The van der Waals surface area contributed by atoms with Gasteiger partial charge in [0.25, 0.3) is 5.56 Å². The van der Waals surface area contributed by atoms with Crippen LogP contribution in [0.25, 0.3) is 11.4 Å². The van der Waals surface area contributed by atoms with Crippen molar-refractivity contribution in [3.63, 3.8) is 0 Å². The number of ether oxygens (including phenoxy) is 1. The van der Waals surface area contributed by atoms with E-state index in [0.717, 1.165) is 11.1 Å². The quantitative estimate of drug-likeness (QED) is 0.651. The van der Waals surface area contributed by atoms with E-state index in [0.29, 0.717) is 50.1 Å². The molecule has 0 unspecified atom stereocenters. The lowest BCUT2D eigenvalue weighted by Gasteiger charge is -2.29. The summed E-state index contributed by atoms with van der Waals surface area (Å²) in [4.78, 5) is 25.4. The Bertz CT molecular complexity index is 1050. The first-order chi connectivity index (χ1) is 14.6. The van der Waals surface area contributed by atoms with Crippen molar-refractivity contribution in [2.24, 2.45) is 0 Å². The van der Waals surface area contributed by atoms with Gasteiger partial charge in [-0.25, -0.2) is 9.37 Å². The highest BCUT2D eigenvalue weighted by Gasteiger charge is 2.16. The highest BCUT2D eigenvalue weighted by atomic mass is 19.1. The van der Waals surface area contributed by atoms with E-state index >= 15 is 0 Å². The minimum atomic E-state index is -0.238. The maximum Gasteiger partial charge on any atom is 0.251 e. The Labute approximate surface area is 174 Å². The van der Waals surface area contributed by atoms with Crippen LogP contribution in [0.2, 0.25) is 0 Å². The molecule has 0 radical (unpaired) electrons. The van der Waals surface area contributed by atoms with Crippen LogP contribution in [0.5, 0.6) is 0 Å². The van der Waals surface area contributed by atoms with E-state index in [4.69, 9.17) is 4.74 Å². The van der Waals surface area contributed by atoms with Crippen molar-refractivity contribution in [1.82, 2.24) is 20.3 Å². The zero-order valence-corrected chi connectivity index (χ0v) is 16.8. The highest BCUT2D eigenvalue weighted by molar-refractivity contribution is 5.53. The molecule has 30 heavy (non-hydrogen) atoms. The minimum Gasteiger partial charge on any atom is -0.378 e. The summed E-state index contributed by atoms with van der Waals surface area (Å²) in [5.41, 5.74) is 2.62. The van der Waals surface area contributed by atoms with Crippen LogP contribution in [0.15, 0.2) is 53.6 Å². The Balaban J connectivity index is 1.44. The number of nitrogens with one attached hydrogen (secondary N) is 2. The lowest BCUT2D eigenvalue weighted by Crippen LogP contribution is -2.36. The number of aromatic nitrogens is 3. The molecule has 1 fully saturated rings. The Morgan fingerprint density at radius 2 is 1.97 bits per heavy atom. The van der Waals surface area contributed by atoms with E-state index in [1.807, 2.05) is 24.0 Å². The number of nitrogens with zero attached hydrogens (tertiary/aromatic N) is 3. The summed E-state index contributed by atoms with van der Waals surface area (Å²) in [5, 5.41) is 3.32. The van der Waals surface area contributed by atoms with Crippen LogP contribution in [0, 0.1) is 5.82 Å². The number of hydrogen-bond donors (Lipinski definition) is 2. The Morgan fingerprint density at radius 3 is 2.70 bits per heavy atom. The SMILES string of the molecule is C[C@@H](NCc1ccc(N2CCOCC2)c(F)c1)c1cc(=O)[nH]c(-c2ccncc2)n1. The molecule has 4 rings (SSSR count). The van der Waals surface area contributed by atoms with Gasteiger partial charge in [-0.2, -0.15) is 0 Å². The highest BCUT2D eigenvalue weighted by Crippen LogP contribution is 2.22. The number of pyridine rings is 1. The summed E-state index contributed by atoms with van der Waals surface area (Å²) in [6, 6.07) is 10.2. The summed E-state index contributed by atoms with van der Waals surface area (Å²) >= 11 is 0. The molecule has 2 N–H and O–H groups in total. The number of rotatable bonds is 6. The maximum absolute atomic E-state index is 14.6. The van der Waals surface area contributed by atoms with Gasteiger partial charge in [-0.3, -0.25) is 9.78 Å². The fraction of sp³-hybridized carbons (Fsp3) is 0.318. The third kappa shape index (κ3) is 4.72. The van der Waals surface area contributed by atoms with Gasteiger partial charge in [0.05, 0.1) is 24.6 Å². The number of morpholine rings is 1. The fourth-order valence-corrected chi connectivity index (χ4v) is 3.44. The summed E-state index contributed by atoms with van der Waals surface area (Å²) in [6.45, 7) is 5.01. The van der Waals surface area contributed by atoms with Gasteiger partial charge >= 0.3 is 0 Å². The van der Waals surface area contributed by atoms with Gasteiger partial charge in [0.15, 0.2) is 0 Å². The van der Waals surface area contributed by atoms with E-state index in [1.54, 1.807) is 30.6 Å². The molecule has 0 amide bonds. The third-order valence-electron chi connectivity index (χ3n) is 5.14. The van der Waals surface area contributed by atoms with Gasteiger partial charge in [0.1, 0.15) is 11.6 Å². The zero-order chi connectivity index (χ0) is 20.9. The van der Waals surface area contributed by atoms with Crippen molar-refractivity contribution in [1.29, 1.82) is 0 Å². The van der Waals surface area contributed by atoms with Gasteiger partial charge in [0.2, 0.25) is 0 Å². The van der Waals surface area contributed by atoms with Crippen molar-refractivity contribution in [2.75, 3.05) is 31.2 Å². The topological polar surface area (TPSA) is 83.1 Å². The van der Waals surface area contributed by atoms with Crippen LogP contribution in [0.1, 0.15) is 24.2 Å². The largest absolute Gasteiger partial charge is 0.378 e. The molecule has 1 aliphatic heterocycles. The number of aromatic amines is 1. The van der Waals surface area contributed by atoms with E-state index < -0.39 is 0 Å².